The van der Waals surface area contributed by atoms with Gasteiger partial charge in [-0.1, -0.05) is 84.0 Å². The highest BCUT2D eigenvalue weighted by atomic mass is 16.6. The van der Waals surface area contributed by atoms with E-state index in [9.17, 15) is 4.79 Å². The molecule has 2 N–H and O–H groups in total. The van der Waals surface area contributed by atoms with Crippen molar-refractivity contribution in [3.8, 4) is 0 Å². The maximum Gasteiger partial charge on any atom is 0.306 e. The number of carbonyl (C=O) groups excluding carboxylic acids is 1. The van der Waals surface area contributed by atoms with Crippen LogP contribution >= 0.6 is 0 Å². The Labute approximate surface area is 144 Å². The molecule has 0 aromatic heterocycles. The Balaban J connectivity index is 3.23. The number of hydrogen-bond acceptors (Lipinski definition) is 3. The SMILES string of the molecule is CCCCCCCCCCCCCCCC(=O)OC(C)(C)CN. The Kier molecular flexibility index (Phi) is 14.6. The molecule has 0 heterocycles. The van der Waals surface area contributed by atoms with Crippen molar-refractivity contribution in [2.24, 2.45) is 5.73 Å². The third-order valence-electron chi connectivity index (χ3n) is 4.37. The van der Waals surface area contributed by atoms with Gasteiger partial charge in [-0.3, -0.25) is 4.79 Å². The van der Waals surface area contributed by atoms with Crippen LogP contribution in [0, 0.1) is 0 Å². The summed E-state index contributed by atoms with van der Waals surface area (Å²) < 4.78 is 5.33. The smallest absolute Gasteiger partial charge is 0.306 e. The molecule has 0 saturated heterocycles. The predicted octanol–water partition coefficient (Wildman–Crippen LogP) is 5.75. The lowest BCUT2D eigenvalue weighted by atomic mass is 10.0. The van der Waals surface area contributed by atoms with Gasteiger partial charge in [-0.15, -0.1) is 0 Å². The van der Waals surface area contributed by atoms with E-state index < -0.39 is 5.60 Å². The Morgan fingerprint density at radius 3 is 1.57 bits per heavy atom. The Morgan fingerprint density at radius 1 is 0.783 bits per heavy atom. The Bertz CT molecular complexity index is 277. The molecule has 0 amide bonds. The van der Waals surface area contributed by atoms with E-state index in [0.29, 0.717) is 13.0 Å². The molecular formula is C20H41NO2. The van der Waals surface area contributed by atoms with Gasteiger partial charge in [0.1, 0.15) is 5.60 Å². The first-order valence-electron chi connectivity index (χ1n) is 9.93. The first-order chi connectivity index (χ1) is 11.0. The van der Waals surface area contributed by atoms with Gasteiger partial charge in [0.25, 0.3) is 0 Å². The summed E-state index contributed by atoms with van der Waals surface area (Å²) in [6.45, 7) is 6.35. The fourth-order valence-corrected chi connectivity index (χ4v) is 2.69. The lowest BCUT2D eigenvalue weighted by Gasteiger charge is -2.22. The highest BCUT2D eigenvalue weighted by molar-refractivity contribution is 5.69. The van der Waals surface area contributed by atoms with Gasteiger partial charge in [-0.05, 0) is 20.3 Å². The fourth-order valence-electron chi connectivity index (χ4n) is 2.69. The second-order valence-corrected chi connectivity index (χ2v) is 7.43. The summed E-state index contributed by atoms with van der Waals surface area (Å²) in [5.41, 5.74) is 5.03. The minimum absolute atomic E-state index is 0.108. The number of esters is 1. The Morgan fingerprint density at radius 2 is 1.17 bits per heavy atom. The van der Waals surface area contributed by atoms with Crippen LogP contribution in [0.15, 0.2) is 0 Å². The lowest BCUT2D eigenvalue weighted by molar-refractivity contribution is -0.155. The van der Waals surface area contributed by atoms with E-state index in [1.807, 2.05) is 13.8 Å². The van der Waals surface area contributed by atoms with Crippen LogP contribution in [0.3, 0.4) is 0 Å². The van der Waals surface area contributed by atoms with Crippen LogP contribution in [0.2, 0.25) is 0 Å². The van der Waals surface area contributed by atoms with Crippen LogP contribution in [0.25, 0.3) is 0 Å². The summed E-state index contributed by atoms with van der Waals surface area (Å²) in [5, 5.41) is 0. The molecule has 0 bridgehead atoms. The summed E-state index contributed by atoms with van der Waals surface area (Å²) >= 11 is 0. The molecule has 0 saturated carbocycles. The van der Waals surface area contributed by atoms with E-state index in [-0.39, 0.29) is 5.97 Å². The third kappa shape index (κ3) is 16.1. The quantitative estimate of drug-likeness (QED) is 0.290. The van der Waals surface area contributed by atoms with Crippen molar-refractivity contribution < 1.29 is 9.53 Å². The van der Waals surface area contributed by atoms with Crippen molar-refractivity contribution in [3.63, 3.8) is 0 Å². The number of hydrogen-bond donors (Lipinski definition) is 1. The van der Waals surface area contributed by atoms with Gasteiger partial charge in [-0.25, -0.2) is 0 Å². The van der Waals surface area contributed by atoms with Gasteiger partial charge < -0.3 is 10.5 Å². The average molecular weight is 328 g/mol. The van der Waals surface area contributed by atoms with Crippen molar-refractivity contribution in [2.45, 2.75) is 116 Å². The highest BCUT2D eigenvalue weighted by Gasteiger charge is 2.20. The standard InChI is InChI=1S/C20H41NO2/c1-4-5-6-7-8-9-10-11-12-13-14-15-16-17-19(22)23-20(2,3)18-21/h4-18,21H2,1-3H3. The largest absolute Gasteiger partial charge is 0.458 e. The molecule has 0 spiro atoms. The first kappa shape index (κ1) is 22.4. The molecule has 0 aliphatic rings. The summed E-state index contributed by atoms with van der Waals surface area (Å²) in [5.74, 6) is -0.108. The van der Waals surface area contributed by atoms with Gasteiger partial charge in [0.15, 0.2) is 0 Å². The van der Waals surface area contributed by atoms with Crippen molar-refractivity contribution in [2.75, 3.05) is 6.54 Å². The monoisotopic (exact) mass is 327 g/mol. The van der Waals surface area contributed by atoms with E-state index in [4.69, 9.17) is 10.5 Å². The number of unbranched alkanes of at least 4 members (excludes halogenated alkanes) is 12. The molecule has 23 heavy (non-hydrogen) atoms. The molecule has 0 aliphatic heterocycles. The van der Waals surface area contributed by atoms with E-state index in [2.05, 4.69) is 6.92 Å². The molecule has 3 heteroatoms. The molecule has 0 atom stereocenters. The number of nitrogens with two attached hydrogens (primary N) is 1. The second-order valence-electron chi connectivity index (χ2n) is 7.43. The number of ether oxygens (including phenoxy) is 1. The molecular weight excluding hydrogens is 286 g/mol. The van der Waals surface area contributed by atoms with Crippen LogP contribution in [0.5, 0.6) is 0 Å². The minimum Gasteiger partial charge on any atom is -0.458 e. The normalized spacial score (nSPS) is 11.7. The van der Waals surface area contributed by atoms with Gasteiger partial charge in [0.05, 0.1) is 0 Å². The molecule has 0 aliphatic carbocycles. The van der Waals surface area contributed by atoms with Gasteiger partial charge >= 0.3 is 5.97 Å². The van der Waals surface area contributed by atoms with Crippen molar-refractivity contribution >= 4 is 5.97 Å². The van der Waals surface area contributed by atoms with Crippen LogP contribution in [0.4, 0.5) is 0 Å². The van der Waals surface area contributed by atoms with E-state index >= 15 is 0 Å². The van der Waals surface area contributed by atoms with Crippen LogP contribution in [-0.4, -0.2) is 18.1 Å². The predicted molar refractivity (Wildman–Crippen MR) is 99.5 cm³/mol. The number of rotatable bonds is 16. The summed E-state index contributed by atoms with van der Waals surface area (Å²) in [7, 11) is 0. The average Bonchev–Trinajstić information content (AvgIpc) is 2.51. The second kappa shape index (κ2) is 15.0. The Hall–Kier alpha value is -0.570. The van der Waals surface area contributed by atoms with Gasteiger partial charge in [0.2, 0.25) is 0 Å². The number of carbonyl (C=O) groups is 1. The van der Waals surface area contributed by atoms with Crippen molar-refractivity contribution in [1.29, 1.82) is 0 Å². The summed E-state index contributed by atoms with van der Waals surface area (Å²) in [4.78, 5) is 11.6. The summed E-state index contributed by atoms with van der Waals surface area (Å²) in [6, 6.07) is 0. The highest BCUT2D eigenvalue weighted by Crippen LogP contribution is 2.14. The van der Waals surface area contributed by atoms with Crippen LogP contribution in [-0.2, 0) is 9.53 Å². The molecule has 0 rings (SSSR count). The minimum atomic E-state index is -0.520. The maximum absolute atomic E-state index is 11.6. The zero-order chi connectivity index (χ0) is 17.4. The molecule has 138 valence electrons. The topological polar surface area (TPSA) is 52.3 Å². The van der Waals surface area contributed by atoms with Crippen LogP contribution < -0.4 is 5.73 Å². The molecule has 0 aromatic rings. The van der Waals surface area contributed by atoms with Gasteiger partial charge in [0, 0.05) is 13.0 Å². The maximum atomic E-state index is 11.6. The van der Waals surface area contributed by atoms with E-state index in [1.54, 1.807) is 0 Å². The zero-order valence-electron chi connectivity index (χ0n) is 16.0. The fraction of sp³-hybridized carbons (Fsp3) is 0.950. The molecule has 0 aromatic carbocycles. The zero-order valence-corrected chi connectivity index (χ0v) is 16.0. The lowest BCUT2D eigenvalue weighted by Crippen LogP contribution is -2.36. The van der Waals surface area contributed by atoms with Crippen molar-refractivity contribution in [3.05, 3.63) is 0 Å². The first-order valence-corrected chi connectivity index (χ1v) is 9.93. The van der Waals surface area contributed by atoms with Crippen LogP contribution in [0.1, 0.15) is 111 Å². The van der Waals surface area contributed by atoms with Crippen molar-refractivity contribution in [1.82, 2.24) is 0 Å². The molecule has 0 fully saturated rings. The molecule has 3 nitrogen and oxygen atoms in total. The molecule has 0 radical (unpaired) electrons. The summed E-state index contributed by atoms with van der Waals surface area (Å²) in [6.07, 6.45) is 17.7. The third-order valence-corrected chi connectivity index (χ3v) is 4.37. The van der Waals surface area contributed by atoms with E-state index in [0.717, 1.165) is 12.8 Å². The van der Waals surface area contributed by atoms with Gasteiger partial charge in [-0.2, -0.15) is 0 Å². The molecule has 0 unspecified atom stereocenters. The van der Waals surface area contributed by atoms with E-state index in [1.165, 1.54) is 70.6 Å².